The van der Waals surface area contributed by atoms with Crippen molar-refractivity contribution in [3.8, 4) is 0 Å². The summed E-state index contributed by atoms with van der Waals surface area (Å²) in [5.41, 5.74) is 5.84. The van der Waals surface area contributed by atoms with Crippen molar-refractivity contribution >= 4 is 0 Å². The average molecular weight is 113 g/mol. The molecule has 0 bridgehead atoms. The third-order valence-electron chi connectivity index (χ3n) is 0.787. The number of nitrogens with two attached hydrogens (primary N) is 2. The minimum atomic E-state index is 0.713. The van der Waals surface area contributed by atoms with Crippen LogP contribution in [0, 0.1) is 0 Å². The first-order valence-electron chi connectivity index (χ1n) is 2.25. The maximum atomic E-state index is 5.27. The van der Waals surface area contributed by atoms with E-state index in [2.05, 4.69) is 6.58 Å². The fraction of sp³-hybridized carbons (Fsp3) is 0.200. The second-order valence-corrected chi connectivity index (χ2v) is 1.41. The molecule has 0 aromatic carbocycles. The first-order chi connectivity index (χ1) is 3.72. The zero-order chi connectivity index (χ0) is 6.57. The van der Waals surface area contributed by atoms with E-state index in [0.717, 1.165) is 0 Å². The first-order valence-corrected chi connectivity index (χ1v) is 2.25. The number of nitrogens with zero attached hydrogens (tertiary/aromatic N) is 1. The Morgan fingerprint density at radius 2 is 2.25 bits per heavy atom. The Morgan fingerprint density at radius 1 is 1.75 bits per heavy atom. The van der Waals surface area contributed by atoms with Crippen LogP contribution in [0.3, 0.4) is 0 Å². The van der Waals surface area contributed by atoms with E-state index in [4.69, 9.17) is 11.6 Å². The number of hydrazine groups is 1. The van der Waals surface area contributed by atoms with Gasteiger partial charge in [-0.3, -0.25) is 0 Å². The van der Waals surface area contributed by atoms with Crippen molar-refractivity contribution in [3.63, 3.8) is 0 Å². The predicted molar refractivity (Wildman–Crippen MR) is 34.4 cm³/mol. The summed E-state index contributed by atoms with van der Waals surface area (Å²) in [6.07, 6.45) is 2.98. The lowest BCUT2D eigenvalue weighted by molar-refractivity contribution is 0.454. The van der Waals surface area contributed by atoms with E-state index in [1.54, 1.807) is 13.1 Å². The number of allylic oxidation sites excluding steroid dienone is 1. The molecule has 4 N–H and O–H groups in total. The third kappa shape index (κ3) is 1.66. The molecular weight excluding hydrogens is 102 g/mol. The number of hydrogen-bond acceptors (Lipinski definition) is 3. The van der Waals surface area contributed by atoms with Gasteiger partial charge in [0, 0.05) is 13.2 Å². The highest BCUT2D eigenvalue weighted by Gasteiger charge is 1.88. The van der Waals surface area contributed by atoms with Crippen molar-refractivity contribution in [2.45, 2.75) is 0 Å². The summed E-state index contributed by atoms with van der Waals surface area (Å²) >= 11 is 0. The van der Waals surface area contributed by atoms with Crippen molar-refractivity contribution in [2.75, 3.05) is 7.05 Å². The SMILES string of the molecule is C=C/C(=C\N)N(C)N. The van der Waals surface area contributed by atoms with Crippen LogP contribution in [0.2, 0.25) is 0 Å². The van der Waals surface area contributed by atoms with Crippen LogP contribution in [0.15, 0.2) is 24.6 Å². The van der Waals surface area contributed by atoms with Gasteiger partial charge in [0.05, 0.1) is 5.70 Å². The Bertz CT molecular complexity index is 104. The molecule has 0 radical (unpaired) electrons. The van der Waals surface area contributed by atoms with Gasteiger partial charge in [0.2, 0.25) is 0 Å². The van der Waals surface area contributed by atoms with Crippen molar-refractivity contribution in [3.05, 3.63) is 24.6 Å². The summed E-state index contributed by atoms with van der Waals surface area (Å²) < 4.78 is 0. The summed E-state index contributed by atoms with van der Waals surface area (Å²) in [6, 6.07) is 0. The smallest absolute Gasteiger partial charge is 0.0662 e. The lowest BCUT2D eigenvalue weighted by Gasteiger charge is -2.10. The molecule has 0 rings (SSSR count). The summed E-state index contributed by atoms with van der Waals surface area (Å²) in [5, 5.41) is 1.40. The van der Waals surface area contributed by atoms with Crippen molar-refractivity contribution in [2.24, 2.45) is 11.6 Å². The van der Waals surface area contributed by atoms with E-state index in [9.17, 15) is 0 Å². The normalized spacial score (nSPS) is 11.0. The highest BCUT2D eigenvalue weighted by molar-refractivity contribution is 5.11. The summed E-state index contributed by atoms with van der Waals surface area (Å²) in [4.78, 5) is 0. The summed E-state index contributed by atoms with van der Waals surface area (Å²) in [6.45, 7) is 3.48. The maximum absolute atomic E-state index is 5.27. The highest BCUT2D eigenvalue weighted by atomic mass is 15.4. The standard InChI is InChI=1S/C5H11N3/c1-3-5(4-6)8(2)7/h3-4H,1,6-7H2,2H3/b5-4+. The number of hydrogen-bond donors (Lipinski definition) is 2. The lowest BCUT2D eigenvalue weighted by Crippen LogP contribution is -2.24. The van der Waals surface area contributed by atoms with Gasteiger partial charge in [0.15, 0.2) is 0 Å². The van der Waals surface area contributed by atoms with E-state index in [0.29, 0.717) is 5.70 Å². The molecule has 0 aliphatic heterocycles. The Morgan fingerprint density at radius 3 is 2.25 bits per heavy atom. The minimum Gasteiger partial charge on any atom is -0.403 e. The molecule has 0 aliphatic rings. The van der Waals surface area contributed by atoms with Gasteiger partial charge in [-0.1, -0.05) is 6.58 Å². The van der Waals surface area contributed by atoms with Crippen LogP contribution in [-0.2, 0) is 0 Å². The van der Waals surface area contributed by atoms with Crippen LogP contribution in [0.1, 0.15) is 0 Å². The Labute approximate surface area is 49.2 Å². The van der Waals surface area contributed by atoms with Gasteiger partial charge in [0.25, 0.3) is 0 Å². The van der Waals surface area contributed by atoms with Gasteiger partial charge in [-0.2, -0.15) is 0 Å². The minimum absolute atomic E-state index is 0.713. The van der Waals surface area contributed by atoms with Crippen molar-refractivity contribution in [1.82, 2.24) is 5.01 Å². The van der Waals surface area contributed by atoms with Crippen molar-refractivity contribution in [1.29, 1.82) is 0 Å². The average Bonchev–Trinajstić information content (AvgIpc) is 1.69. The first kappa shape index (κ1) is 7.04. The summed E-state index contributed by atoms with van der Waals surface area (Å²) in [7, 11) is 1.69. The van der Waals surface area contributed by atoms with E-state index in [1.807, 2.05) is 0 Å². The van der Waals surface area contributed by atoms with Gasteiger partial charge < -0.3 is 10.7 Å². The van der Waals surface area contributed by atoms with Gasteiger partial charge >= 0.3 is 0 Å². The molecule has 0 spiro atoms. The molecule has 0 aliphatic carbocycles. The predicted octanol–water partition coefficient (Wildman–Crippen LogP) is -0.222. The molecule has 0 saturated heterocycles. The number of likely N-dealkylation sites (N-methyl/N-ethyl adjacent to an activating group) is 1. The van der Waals surface area contributed by atoms with Gasteiger partial charge in [-0.25, -0.2) is 5.84 Å². The zero-order valence-electron chi connectivity index (χ0n) is 4.96. The lowest BCUT2D eigenvalue weighted by atomic mass is 10.4. The Balaban J connectivity index is 3.91. The van der Waals surface area contributed by atoms with Crippen LogP contribution < -0.4 is 11.6 Å². The molecule has 0 amide bonds. The van der Waals surface area contributed by atoms with Crippen LogP contribution in [-0.4, -0.2) is 12.1 Å². The zero-order valence-corrected chi connectivity index (χ0v) is 4.96. The Kier molecular flexibility index (Phi) is 2.72. The Hall–Kier alpha value is -0.960. The van der Waals surface area contributed by atoms with Gasteiger partial charge in [-0.05, 0) is 6.08 Å². The molecule has 46 valence electrons. The second-order valence-electron chi connectivity index (χ2n) is 1.41. The quantitative estimate of drug-likeness (QED) is 0.295. The molecule has 0 heterocycles. The van der Waals surface area contributed by atoms with Gasteiger partial charge in [-0.15, -0.1) is 0 Å². The van der Waals surface area contributed by atoms with Gasteiger partial charge in [0.1, 0.15) is 0 Å². The van der Waals surface area contributed by atoms with Crippen LogP contribution >= 0.6 is 0 Å². The molecule has 0 atom stereocenters. The topological polar surface area (TPSA) is 55.3 Å². The fourth-order valence-electron chi connectivity index (χ4n) is 0.330. The molecule has 0 fully saturated rings. The van der Waals surface area contributed by atoms with Crippen molar-refractivity contribution < 1.29 is 0 Å². The van der Waals surface area contributed by atoms with E-state index < -0.39 is 0 Å². The highest BCUT2D eigenvalue weighted by Crippen LogP contribution is 1.91. The summed E-state index contributed by atoms with van der Waals surface area (Å²) in [5.74, 6) is 5.27. The maximum Gasteiger partial charge on any atom is 0.0662 e. The van der Waals surface area contributed by atoms with Crippen LogP contribution in [0.25, 0.3) is 0 Å². The third-order valence-corrected chi connectivity index (χ3v) is 0.787. The monoisotopic (exact) mass is 113 g/mol. The molecule has 0 saturated carbocycles. The molecule has 8 heavy (non-hydrogen) atoms. The van der Waals surface area contributed by atoms with E-state index in [-0.39, 0.29) is 0 Å². The van der Waals surface area contributed by atoms with E-state index >= 15 is 0 Å². The van der Waals surface area contributed by atoms with E-state index in [1.165, 1.54) is 11.2 Å². The fourth-order valence-corrected chi connectivity index (χ4v) is 0.330. The van der Waals surface area contributed by atoms with Crippen LogP contribution in [0.4, 0.5) is 0 Å². The number of rotatable bonds is 2. The largest absolute Gasteiger partial charge is 0.403 e. The molecule has 3 nitrogen and oxygen atoms in total. The van der Waals surface area contributed by atoms with Crippen LogP contribution in [0.5, 0.6) is 0 Å². The molecule has 0 aromatic rings. The molecular formula is C5H11N3. The second kappa shape index (κ2) is 3.10. The molecule has 0 aromatic heterocycles. The molecule has 0 unspecified atom stereocenters. The molecule has 3 heteroatoms.